The van der Waals surface area contributed by atoms with Crippen LogP contribution in [0, 0.1) is 0 Å². The number of rotatable bonds is 5. The van der Waals surface area contributed by atoms with Crippen LogP contribution in [0.2, 0.25) is 10.0 Å². The third-order valence-electron chi connectivity index (χ3n) is 1.85. The van der Waals surface area contributed by atoms with Gasteiger partial charge in [-0.1, -0.05) is 30.1 Å². The standard InChI is InChI=1S/C10H13Cl2NOS/c1-2-13-5-6-15(14)10-7-8(11)3-4-9(10)12/h3-4,7,13H,2,5-6H2,1H3. The molecule has 1 N–H and O–H groups in total. The molecule has 84 valence electrons. The van der Waals surface area contributed by atoms with Gasteiger partial charge < -0.3 is 5.32 Å². The Balaban J connectivity index is 2.68. The van der Waals surface area contributed by atoms with Crippen molar-refractivity contribution in [2.24, 2.45) is 0 Å². The molecule has 1 rings (SSSR count). The van der Waals surface area contributed by atoms with Gasteiger partial charge in [0.05, 0.1) is 20.7 Å². The Hall–Kier alpha value is -0.0900. The van der Waals surface area contributed by atoms with Gasteiger partial charge in [-0.25, -0.2) is 0 Å². The van der Waals surface area contributed by atoms with Crippen LogP contribution < -0.4 is 5.32 Å². The first-order chi connectivity index (χ1) is 7.15. The summed E-state index contributed by atoms with van der Waals surface area (Å²) >= 11 is 11.7. The molecule has 0 amide bonds. The molecule has 1 unspecified atom stereocenters. The molecule has 2 nitrogen and oxygen atoms in total. The number of hydrogen-bond donors (Lipinski definition) is 1. The summed E-state index contributed by atoms with van der Waals surface area (Å²) in [4.78, 5) is 0.613. The van der Waals surface area contributed by atoms with Crippen molar-refractivity contribution in [1.29, 1.82) is 0 Å². The molecule has 1 aromatic rings. The lowest BCUT2D eigenvalue weighted by molar-refractivity contribution is 0.677. The molecule has 0 fully saturated rings. The van der Waals surface area contributed by atoms with Gasteiger partial charge in [0.15, 0.2) is 0 Å². The van der Waals surface area contributed by atoms with Gasteiger partial charge in [0.2, 0.25) is 0 Å². The topological polar surface area (TPSA) is 29.1 Å². The van der Waals surface area contributed by atoms with Crippen LogP contribution in [0.15, 0.2) is 23.1 Å². The molecule has 0 radical (unpaired) electrons. The lowest BCUT2D eigenvalue weighted by Crippen LogP contribution is -2.19. The first kappa shape index (κ1) is 13.0. The van der Waals surface area contributed by atoms with Crippen molar-refractivity contribution in [3.05, 3.63) is 28.2 Å². The third kappa shape index (κ3) is 4.11. The minimum Gasteiger partial charge on any atom is -0.316 e. The minimum absolute atomic E-state index is 0.509. The van der Waals surface area contributed by atoms with Crippen molar-refractivity contribution in [1.82, 2.24) is 5.32 Å². The van der Waals surface area contributed by atoms with E-state index in [-0.39, 0.29) is 0 Å². The van der Waals surface area contributed by atoms with Crippen LogP contribution in [0.1, 0.15) is 6.92 Å². The molecule has 0 aliphatic carbocycles. The van der Waals surface area contributed by atoms with E-state index in [1.165, 1.54) is 0 Å². The quantitative estimate of drug-likeness (QED) is 0.830. The molecule has 1 aromatic carbocycles. The second kappa shape index (κ2) is 6.48. The number of halogens is 2. The Bertz CT molecular complexity index is 357. The summed E-state index contributed by atoms with van der Waals surface area (Å²) in [6.45, 7) is 3.60. The van der Waals surface area contributed by atoms with Gasteiger partial charge in [0.25, 0.3) is 0 Å². The van der Waals surface area contributed by atoms with E-state index in [0.29, 0.717) is 27.2 Å². The van der Waals surface area contributed by atoms with Crippen molar-refractivity contribution in [2.75, 3.05) is 18.8 Å². The zero-order valence-electron chi connectivity index (χ0n) is 8.43. The van der Waals surface area contributed by atoms with Crippen LogP contribution in [-0.4, -0.2) is 23.1 Å². The van der Waals surface area contributed by atoms with Gasteiger partial charge in [-0.3, -0.25) is 4.21 Å². The van der Waals surface area contributed by atoms with Gasteiger partial charge in [-0.15, -0.1) is 0 Å². The maximum atomic E-state index is 11.8. The van der Waals surface area contributed by atoms with Gasteiger partial charge in [-0.2, -0.15) is 0 Å². The fourth-order valence-corrected chi connectivity index (χ4v) is 2.81. The molecule has 0 saturated carbocycles. The Morgan fingerprint density at radius 1 is 1.40 bits per heavy atom. The predicted molar refractivity (Wildman–Crippen MR) is 66.3 cm³/mol. The highest BCUT2D eigenvalue weighted by atomic mass is 35.5. The molecule has 0 saturated heterocycles. The van der Waals surface area contributed by atoms with Crippen LogP contribution in [-0.2, 0) is 10.8 Å². The van der Waals surface area contributed by atoms with E-state index < -0.39 is 10.8 Å². The molecule has 0 aliphatic heterocycles. The van der Waals surface area contributed by atoms with Crippen molar-refractivity contribution in [3.63, 3.8) is 0 Å². The molecular weight excluding hydrogens is 253 g/mol. The van der Waals surface area contributed by atoms with E-state index in [0.717, 1.165) is 6.54 Å². The summed E-state index contributed by atoms with van der Waals surface area (Å²) in [5.74, 6) is 0.550. The van der Waals surface area contributed by atoms with Crippen LogP contribution in [0.5, 0.6) is 0 Å². The number of benzene rings is 1. The lowest BCUT2D eigenvalue weighted by atomic mass is 10.4. The van der Waals surface area contributed by atoms with Crippen LogP contribution >= 0.6 is 23.2 Å². The van der Waals surface area contributed by atoms with Gasteiger partial charge >= 0.3 is 0 Å². The molecule has 0 spiro atoms. The fraction of sp³-hybridized carbons (Fsp3) is 0.400. The average Bonchev–Trinajstić information content (AvgIpc) is 2.22. The van der Waals surface area contributed by atoms with E-state index in [1.54, 1.807) is 18.2 Å². The van der Waals surface area contributed by atoms with E-state index in [1.807, 2.05) is 6.92 Å². The van der Waals surface area contributed by atoms with E-state index >= 15 is 0 Å². The molecule has 0 heterocycles. The van der Waals surface area contributed by atoms with Gasteiger partial charge in [0, 0.05) is 17.3 Å². The van der Waals surface area contributed by atoms with Crippen LogP contribution in [0.25, 0.3) is 0 Å². The summed E-state index contributed by atoms with van der Waals surface area (Å²) in [5, 5.41) is 4.18. The van der Waals surface area contributed by atoms with Crippen molar-refractivity contribution < 1.29 is 4.21 Å². The number of nitrogens with one attached hydrogen (secondary N) is 1. The summed E-state index contributed by atoms with van der Waals surface area (Å²) < 4.78 is 11.8. The minimum atomic E-state index is -1.09. The Morgan fingerprint density at radius 2 is 2.13 bits per heavy atom. The molecule has 0 bridgehead atoms. The SMILES string of the molecule is CCNCCS(=O)c1cc(Cl)ccc1Cl. The molecule has 15 heavy (non-hydrogen) atoms. The molecule has 5 heteroatoms. The normalized spacial score (nSPS) is 12.7. The largest absolute Gasteiger partial charge is 0.316 e. The van der Waals surface area contributed by atoms with Crippen molar-refractivity contribution in [3.8, 4) is 0 Å². The lowest BCUT2D eigenvalue weighted by Gasteiger charge is -2.05. The highest BCUT2D eigenvalue weighted by Gasteiger charge is 2.08. The summed E-state index contributed by atoms with van der Waals surface area (Å²) in [6.07, 6.45) is 0. The fourth-order valence-electron chi connectivity index (χ4n) is 1.10. The summed E-state index contributed by atoms with van der Waals surface area (Å²) in [6, 6.07) is 5.02. The second-order valence-corrected chi connectivity index (χ2v) is 5.36. The van der Waals surface area contributed by atoms with E-state index in [2.05, 4.69) is 5.32 Å². The summed E-state index contributed by atoms with van der Waals surface area (Å²) in [7, 11) is -1.09. The molecule has 0 aliphatic rings. The number of hydrogen-bond acceptors (Lipinski definition) is 2. The van der Waals surface area contributed by atoms with Gasteiger partial charge in [-0.05, 0) is 24.7 Å². The third-order valence-corrected chi connectivity index (χ3v) is 3.93. The molecule has 1 atom stereocenters. The van der Waals surface area contributed by atoms with Gasteiger partial charge in [0.1, 0.15) is 0 Å². The zero-order valence-corrected chi connectivity index (χ0v) is 10.8. The van der Waals surface area contributed by atoms with Crippen molar-refractivity contribution in [2.45, 2.75) is 11.8 Å². The Kier molecular flexibility index (Phi) is 5.61. The predicted octanol–water partition coefficient (Wildman–Crippen LogP) is 2.71. The Labute approximate surface area is 102 Å². The first-order valence-electron chi connectivity index (χ1n) is 4.69. The Morgan fingerprint density at radius 3 is 2.80 bits per heavy atom. The van der Waals surface area contributed by atoms with Crippen molar-refractivity contribution >= 4 is 34.0 Å². The highest BCUT2D eigenvalue weighted by Crippen LogP contribution is 2.23. The van der Waals surface area contributed by atoms with E-state index in [4.69, 9.17) is 23.2 Å². The zero-order chi connectivity index (χ0) is 11.3. The highest BCUT2D eigenvalue weighted by molar-refractivity contribution is 7.85. The monoisotopic (exact) mass is 265 g/mol. The van der Waals surface area contributed by atoms with Crippen LogP contribution in [0.4, 0.5) is 0 Å². The summed E-state index contributed by atoms with van der Waals surface area (Å²) in [5.41, 5.74) is 0. The average molecular weight is 266 g/mol. The maximum Gasteiger partial charge on any atom is 0.0589 e. The smallest absolute Gasteiger partial charge is 0.0589 e. The van der Waals surface area contributed by atoms with Crippen LogP contribution in [0.3, 0.4) is 0 Å². The first-order valence-corrected chi connectivity index (χ1v) is 6.76. The second-order valence-electron chi connectivity index (χ2n) is 2.98. The van der Waals surface area contributed by atoms with E-state index in [9.17, 15) is 4.21 Å². The molecular formula is C10H13Cl2NOS. The maximum absolute atomic E-state index is 11.8. The molecule has 0 aromatic heterocycles.